The van der Waals surface area contributed by atoms with Gasteiger partial charge >= 0.3 is 0 Å². The minimum absolute atomic E-state index is 0.0904. The predicted molar refractivity (Wildman–Crippen MR) is 130 cm³/mol. The number of hydrogen-bond acceptors (Lipinski definition) is 7. The first-order valence-electron chi connectivity index (χ1n) is 10.3. The summed E-state index contributed by atoms with van der Waals surface area (Å²) in [5, 5.41) is 12.0. The van der Waals surface area contributed by atoms with Crippen molar-refractivity contribution in [2.75, 3.05) is 25.2 Å². The van der Waals surface area contributed by atoms with Crippen LogP contribution >= 0.6 is 11.8 Å². The molecule has 4 rings (SSSR count). The first-order chi connectivity index (χ1) is 16.3. The van der Waals surface area contributed by atoms with E-state index in [0.29, 0.717) is 16.7 Å². The maximum atomic E-state index is 12.6. The summed E-state index contributed by atoms with van der Waals surface area (Å²) >= 11 is 1.25. The number of aryl methyl sites for hydroxylation is 1. The summed E-state index contributed by atoms with van der Waals surface area (Å²) in [6, 6.07) is 17.5. The third-order valence-corrected chi connectivity index (χ3v) is 7.75. The van der Waals surface area contributed by atoms with Crippen LogP contribution in [-0.2, 0) is 14.8 Å². The van der Waals surface area contributed by atoms with E-state index in [4.69, 9.17) is 4.42 Å². The maximum absolute atomic E-state index is 12.6. The van der Waals surface area contributed by atoms with E-state index in [9.17, 15) is 13.2 Å². The smallest absolute Gasteiger partial charge is 0.242 e. The quantitative estimate of drug-likeness (QED) is 0.369. The summed E-state index contributed by atoms with van der Waals surface area (Å²) < 4.78 is 32.8. The number of carbonyl (C=O) groups is 1. The molecule has 176 valence electrons. The Balaban J connectivity index is 1.50. The van der Waals surface area contributed by atoms with Gasteiger partial charge in [-0.1, -0.05) is 30.0 Å². The zero-order chi connectivity index (χ0) is 24.3. The van der Waals surface area contributed by atoms with Crippen LogP contribution in [0.4, 0.5) is 5.69 Å². The molecule has 0 unspecified atom stereocenters. The van der Waals surface area contributed by atoms with Gasteiger partial charge in [-0.25, -0.2) is 12.7 Å². The number of benzene rings is 2. The number of amides is 1. The highest BCUT2D eigenvalue weighted by Gasteiger charge is 2.20. The van der Waals surface area contributed by atoms with E-state index in [1.54, 1.807) is 18.4 Å². The molecule has 0 spiro atoms. The summed E-state index contributed by atoms with van der Waals surface area (Å²) in [5.74, 6) is 1.18. The Labute approximate surface area is 201 Å². The molecule has 9 nitrogen and oxygen atoms in total. The van der Waals surface area contributed by atoms with Crippen LogP contribution in [0.15, 0.2) is 81.4 Å². The van der Waals surface area contributed by atoms with Gasteiger partial charge in [0.15, 0.2) is 11.0 Å². The lowest BCUT2D eigenvalue weighted by atomic mass is 10.2. The molecule has 34 heavy (non-hydrogen) atoms. The average molecular weight is 498 g/mol. The molecule has 0 atom stereocenters. The molecule has 0 aliphatic heterocycles. The van der Waals surface area contributed by atoms with Crippen LogP contribution in [0.3, 0.4) is 0 Å². The van der Waals surface area contributed by atoms with Gasteiger partial charge in [0.05, 0.1) is 22.5 Å². The van der Waals surface area contributed by atoms with Crippen molar-refractivity contribution >= 4 is 33.4 Å². The third-order valence-electron chi connectivity index (χ3n) is 5.00. The van der Waals surface area contributed by atoms with E-state index in [1.165, 1.54) is 38.0 Å². The highest BCUT2D eigenvalue weighted by molar-refractivity contribution is 7.99. The number of hydrogen-bond donors (Lipinski definition) is 1. The molecule has 2 aromatic heterocycles. The Morgan fingerprint density at radius 1 is 1.06 bits per heavy atom. The van der Waals surface area contributed by atoms with Crippen LogP contribution in [-0.4, -0.2) is 53.2 Å². The van der Waals surface area contributed by atoms with E-state index in [-0.39, 0.29) is 16.6 Å². The molecule has 1 amide bonds. The largest absolute Gasteiger partial charge is 0.469 e. The molecule has 0 aliphatic carbocycles. The molecular formula is C23H23N5O4S2. The number of anilines is 1. The summed E-state index contributed by atoms with van der Waals surface area (Å²) in [7, 11) is -0.591. The van der Waals surface area contributed by atoms with Crippen molar-refractivity contribution in [3.05, 3.63) is 72.7 Å². The number of sulfonamides is 1. The molecule has 0 aliphatic rings. The van der Waals surface area contributed by atoms with Gasteiger partial charge in [-0.15, -0.1) is 10.2 Å². The van der Waals surface area contributed by atoms with Crippen molar-refractivity contribution in [1.82, 2.24) is 19.1 Å². The van der Waals surface area contributed by atoms with Crippen molar-refractivity contribution in [2.45, 2.75) is 17.0 Å². The lowest BCUT2D eigenvalue weighted by Gasteiger charge is -2.12. The lowest BCUT2D eigenvalue weighted by molar-refractivity contribution is -0.113. The molecule has 1 N–H and O–H groups in total. The molecule has 2 aromatic carbocycles. The number of rotatable bonds is 8. The number of para-hydroxylation sites is 1. The van der Waals surface area contributed by atoms with Gasteiger partial charge in [0.25, 0.3) is 0 Å². The van der Waals surface area contributed by atoms with Crippen molar-refractivity contribution < 1.29 is 17.6 Å². The Hall–Kier alpha value is -3.41. The SMILES string of the molecule is Cc1occc1-c1nnc(SCC(=O)Nc2ccc(S(=O)(=O)N(C)C)cc2)n1-c1ccccc1. The average Bonchev–Trinajstić information content (AvgIpc) is 3.44. The summed E-state index contributed by atoms with van der Waals surface area (Å²) in [6.45, 7) is 1.86. The zero-order valence-electron chi connectivity index (χ0n) is 18.8. The standard InChI is InChI=1S/C23H23N5O4S2/c1-16-20(13-14-32-16)22-25-26-23(28(22)18-7-5-4-6-8-18)33-15-21(29)24-17-9-11-19(12-10-17)34(30,31)27(2)3/h4-14H,15H2,1-3H3,(H,24,29). The number of thioether (sulfide) groups is 1. The van der Waals surface area contributed by atoms with Gasteiger partial charge in [0, 0.05) is 25.5 Å². The van der Waals surface area contributed by atoms with Crippen LogP contribution in [0.1, 0.15) is 5.76 Å². The minimum atomic E-state index is -3.53. The molecule has 11 heteroatoms. The maximum Gasteiger partial charge on any atom is 0.242 e. The van der Waals surface area contributed by atoms with Crippen LogP contribution in [0, 0.1) is 6.92 Å². The molecule has 0 fully saturated rings. The monoisotopic (exact) mass is 497 g/mol. The number of nitrogens with zero attached hydrogens (tertiary/aromatic N) is 4. The Morgan fingerprint density at radius 2 is 1.76 bits per heavy atom. The molecule has 4 aromatic rings. The van der Waals surface area contributed by atoms with Crippen molar-refractivity contribution in [3.63, 3.8) is 0 Å². The lowest BCUT2D eigenvalue weighted by Crippen LogP contribution is -2.22. The normalized spacial score (nSPS) is 11.6. The van der Waals surface area contributed by atoms with E-state index in [2.05, 4.69) is 15.5 Å². The Bertz CT molecular complexity index is 1390. The van der Waals surface area contributed by atoms with Crippen LogP contribution < -0.4 is 5.32 Å². The molecule has 0 radical (unpaired) electrons. The van der Waals surface area contributed by atoms with E-state index in [1.807, 2.05) is 47.9 Å². The Kier molecular flexibility index (Phi) is 6.87. The molecule has 0 saturated heterocycles. The van der Waals surface area contributed by atoms with E-state index < -0.39 is 10.0 Å². The minimum Gasteiger partial charge on any atom is -0.469 e. The third kappa shape index (κ3) is 4.91. The highest BCUT2D eigenvalue weighted by Crippen LogP contribution is 2.30. The van der Waals surface area contributed by atoms with Gasteiger partial charge in [-0.05, 0) is 49.4 Å². The number of carbonyl (C=O) groups excluding carboxylic acids is 1. The van der Waals surface area contributed by atoms with E-state index >= 15 is 0 Å². The van der Waals surface area contributed by atoms with Crippen molar-refractivity contribution in [3.8, 4) is 17.1 Å². The topological polar surface area (TPSA) is 110 Å². The zero-order valence-corrected chi connectivity index (χ0v) is 20.4. The van der Waals surface area contributed by atoms with Crippen molar-refractivity contribution in [1.29, 1.82) is 0 Å². The molecule has 0 bridgehead atoms. The summed E-state index contributed by atoms with van der Waals surface area (Å²) in [6.07, 6.45) is 1.60. The highest BCUT2D eigenvalue weighted by atomic mass is 32.2. The van der Waals surface area contributed by atoms with Crippen LogP contribution in [0.5, 0.6) is 0 Å². The molecular weight excluding hydrogens is 474 g/mol. The van der Waals surface area contributed by atoms with Crippen LogP contribution in [0.25, 0.3) is 17.1 Å². The van der Waals surface area contributed by atoms with Gasteiger partial charge < -0.3 is 9.73 Å². The second-order valence-electron chi connectivity index (χ2n) is 7.52. The molecule has 2 heterocycles. The van der Waals surface area contributed by atoms with Crippen molar-refractivity contribution in [2.24, 2.45) is 0 Å². The second-order valence-corrected chi connectivity index (χ2v) is 10.6. The number of nitrogens with one attached hydrogen (secondary N) is 1. The first-order valence-corrected chi connectivity index (χ1v) is 12.7. The number of aromatic nitrogens is 3. The van der Waals surface area contributed by atoms with Crippen LogP contribution in [0.2, 0.25) is 0 Å². The predicted octanol–water partition coefficient (Wildman–Crippen LogP) is 3.82. The second kappa shape index (κ2) is 9.84. The van der Waals surface area contributed by atoms with Gasteiger partial charge in [-0.2, -0.15) is 0 Å². The molecule has 0 saturated carbocycles. The van der Waals surface area contributed by atoms with Gasteiger partial charge in [0.1, 0.15) is 5.76 Å². The first kappa shape index (κ1) is 23.7. The fourth-order valence-electron chi connectivity index (χ4n) is 3.21. The van der Waals surface area contributed by atoms with Gasteiger partial charge in [0.2, 0.25) is 15.9 Å². The summed E-state index contributed by atoms with van der Waals surface area (Å²) in [5.41, 5.74) is 2.19. The fourth-order valence-corrected chi connectivity index (χ4v) is 4.87. The Morgan fingerprint density at radius 3 is 2.38 bits per heavy atom. The fraction of sp³-hybridized carbons (Fsp3) is 0.174. The summed E-state index contributed by atoms with van der Waals surface area (Å²) in [4.78, 5) is 12.7. The van der Waals surface area contributed by atoms with Gasteiger partial charge in [-0.3, -0.25) is 9.36 Å². The van der Waals surface area contributed by atoms with E-state index in [0.717, 1.165) is 21.3 Å². The number of furan rings is 1.